The fraction of sp³-hybridized carbons (Fsp3) is 0.250. The maximum absolute atomic E-state index is 13.4. The van der Waals surface area contributed by atoms with Gasteiger partial charge in [0, 0.05) is 7.05 Å². The smallest absolute Gasteiger partial charge is 0.186 e. The van der Waals surface area contributed by atoms with E-state index < -0.39 is 5.82 Å². The van der Waals surface area contributed by atoms with E-state index in [2.05, 4.69) is 30.7 Å². The highest BCUT2D eigenvalue weighted by atomic mass is 19.1. The van der Waals surface area contributed by atoms with Crippen molar-refractivity contribution < 1.29 is 4.39 Å². The molecule has 0 saturated carbocycles. The summed E-state index contributed by atoms with van der Waals surface area (Å²) in [4.78, 5) is 7.95. The van der Waals surface area contributed by atoms with Crippen LogP contribution in [0.5, 0.6) is 0 Å². The number of rotatable bonds is 2. The molecule has 0 spiro atoms. The van der Waals surface area contributed by atoms with Crippen molar-refractivity contribution in [2.45, 2.75) is 6.92 Å². The maximum Gasteiger partial charge on any atom is 0.186 e. The van der Waals surface area contributed by atoms with E-state index >= 15 is 0 Å². The molecule has 0 fully saturated rings. The molecule has 0 aromatic carbocycles. The lowest BCUT2D eigenvalue weighted by molar-refractivity contribution is 0.607. The van der Waals surface area contributed by atoms with Crippen LogP contribution in [0.15, 0.2) is 6.20 Å². The molecule has 15 heavy (non-hydrogen) atoms. The van der Waals surface area contributed by atoms with Gasteiger partial charge >= 0.3 is 0 Å². The normalized spacial score (nSPS) is 10.3. The minimum absolute atomic E-state index is 0.153. The van der Waals surface area contributed by atoms with Crippen molar-refractivity contribution in [2.75, 3.05) is 12.4 Å². The molecule has 2 aromatic rings. The lowest BCUT2D eigenvalue weighted by Gasteiger charge is -2.04. The van der Waals surface area contributed by atoms with Crippen molar-refractivity contribution in [3.63, 3.8) is 0 Å². The quantitative estimate of drug-likeness (QED) is 0.761. The monoisotopic (exact) mass is 208 g/mol. The van der Waals surface area contributed by atoms with E-state index in [9.17, 15) is 4.39 Å². The van der Waals surface area contributed by atoms with Gasteiger partial charge in [0.15, 0.2) is 17.5 Å². The number of nitrogens with zero attached hydrogens (tertiary/aromatic N) is 4. The summed E-state index contributed by atoms with van der Waals surface area (Å²) in [5, 5.41) is 12.6. The van der Waals surface area contributed by atoms with Gasteiger partial charge in [-0.2, -0.15) is 15.4 Å². The molecule has 0 aliphatic rings. The van der Waals surface area contributed by atoms with Crippen molar-refractivity contribution in [2.24, 2.45) is 0 Å². The van der Waals surface area contributed by atoms with E-state index in [4.69, 9.17) is 0 Å². The van der Waals surface area contributed by atoms with Crippen LogP contribution in [-0.2, 0) is 0 Å². The first-order valence-corrected chi connectivity index (χ1v) is 4.30. The van der Waals surface area contributed by atoms with Gasteiger partial charge in [0.1, 0.15) is 5.69 Å². The second-order valence-corrected chi connectivity index (χ2v) is 2.90. The molecule has 0 atom stereocenters. The molecular formula is C8H9FN6. The van der Waals surface area contributed by atoms with Gasteiger partial charge in [-0.1, -0.05) is 0 Å². The highest BCUT2D eigenvalue weighted by Gasteiger charge is 2.12. The van der Waals surface area contributed by atoms with Crippen LogP contribution in [0, 0.1) is 12.7 Å². The van der Waals surface area contributed by atoms with Crippen LogP contribution in [0.25, 0.3) is 11.5 Å². The summed E-state index contributed by atoms with van der Waals surface area (Å²) in [5.74, 6) is 0.0391. The molecule has 0 radical (unpaired) electrons. The zero-order valence-electron chi connectivity index (χ0n) is 8.24. The van der Waals surface area contributed by atoms with Crippen LogP contribution < -0.4 is 5.32 Å². The second kappa shape index (κ2) is 3.60. The molecule has 2 N–H and O–H groups in total. The number of aryl methyl sites for hydroxylation is 1. The maximum atomic E-state index is 13.4. The molecule has 0 aliphatic carbocycles. The Morgan fingerprint density at radius 1 is 1.40 bits per heavy atom. The molecular weight excluding hydrogens is 199 g/mol. The molecule has 0 unspecified atom stereocenters. The number of anilines is 1. The third kappa shape index (κ3) is 1.63. The Bertz CT molecular complexity index is 466. The van der Waals surface area contributed by atoms with Crippen LogP contribution in [0.3, 0.4) is 0 Å². The Hall–Kier alpha value is -2.05. The van der Waals surface area contributed by atoms with Crippen LogP contribution in [0.4, 0.5) is 10.2 Å². The third-order valence-electron chi connectivity index (χ3n) is 1.90. The minimum Gasteiger partial charge on any atom is -0.371 e. The standard InChI is InChI=1S/C8H9FN6/c1-4-6(9)8(10-2)13-7(12-4)5-3-11-15-14-5/h3H,1-2H3,(H,10,12,13)(H,11,14,15). The van der Waals surface area contributed by atoms with E-state index in [0.29, 0.717) is 11.5 Å². The van der Waals surface area contributed by atoms with Crippen molar-refractivity contribution >= 4 is 5.82 Å². The number of aromatic nitrogens is 5. The molecule has 0 bridgehead atoms. The predicted molar refractivity (Wildman–Crippen MR) is 51.7 cm³/mol. The molecule has 6 nitrogen and oxygen atoms in total. The lowest BCUT2D eigenvalue weighted by atomic mass is 10.3. The topological polar surface area (TPSA) is 79.4 Å². The summed E-state index contributed by atoms with van der Waals surface area (Å²) < 4.78 is 13.4. The molecule has 0 amide bonds. The van der Waals surface area contributed by atoms with E-state index in [1.54, 1.807) is 14.0 Å². The van der Waals surface area contributed by atoms with E-state index in [-0.39, 0.29) is 11.5 Å². The minimum atomic E-state index is -0.454. The van der Waals surface area contributed by atoms with Crippen LogP contribution in [-0.4, -0.2) is 32.4 Å². The van der Waals surface area contributed by atoms with Gasteiger partial charge in [-0.25, -0.2) is 14.4 Å². The highest BCUT2D eigenvalue weighted by Crippen LogP contribution is 2.18. The first-order valence-electron chi connectivity index (χ1n) is 4.30. The number of hydrogen-bond donors (Lipinski definition) is 2. The van der Waals surface area contributed by atoms with Gasteiger partial charge in [-0.05, 0) is 6.92 Å². The van der Waals surface area contributed by atoms with Gasteiger partial charge in [-0.3, -0.25) is 0 Å². The number of aromatic amines is 1. The summed E-state index contributed by atoms with van der Waals surface area (Å²) in [5.41, 5.74) is 0.752. The molecule has 0 saturated heterocycles. The van der Waals surface area contributed by atoms with E-state index in [1.165, 1.54) is 6.20 Å². The van der Waals surface area contributed by atoms with Crippen LogP contribution in [0.2, 0.25) is 0 Å². The summed E-state index contributed by atoms with van der Waals surface area (Å²) >= 11 is 0. The zero-order valence-corrected chi connectivity index (χ0v) is 8.24. The largest absolute Gasteiger partial charge is 0.371 e. The SMILES string of the molecule is CNc1nc(-c2cn[nH]n2)nc(C)c1F. The first-order chi connectivity index (χ1) is 7.22. The summed E-state index contributed by atoms with van der Waals surface area (Å²) in [6.45, 7) is 1.57. The van der Waals surface area contributed by atoms with Gasteiger partial charge in [-0.15, -0.1) is 0 Å². The summed E-state index contributed by atoms with van der Waals surface area (Å²) in [6.07, 6.45) is 1.48. The van der Waals surface area contributed by atoms with E-state index in [0.717, 1.165) is 0 Å². The van der Waals surface area contributed by atoms with Crippen molar-refractivity contribution in [3.05, 3.63) is 17.7 Å². The number of hydrogen-bond acceptors (Lipinski definition) is 5. The molecule has 2 aromatic heterocycles. The average molecular weight is 208 g/mol. The van der Waals surface area contributed by atoms with Crippen molar-refractivity contribution in [1.82, 2.24) is 25.4 Å². The average Bonchev–Trinajstić information content (AvgIpc) is 2.75. The van der Waals surface area contributed by atoms with Gasteiger partial charge in [0.25, 0.3) is 0 Å². The Labute approximate surface area is 85.0 Å². The Kier molecular flexibility index (Phi) is 2.28. The number of nitrogens with one attached hydrogen (secondary N) is 2. The third-order valence-corrected chi connectivity index (χ3v) is 1.90. The highest BCUT2D eigenvalue weighted by molar-refractivity contribution is 5.51. The molecule has 2 heterocycles. The molecule has 0 aliphatic heterocycles. The zero-order chi connectivity index (χ0) is 10.8. The van der Waals surface area contributed by atoms with Crippen molar-refractivity contribution in [3.8, 4) is 11.5 Å². The Morgan fingerprint density at radius 2 is 2.20 bits per heavy atom. The number of H-pyrrole nitrogens is 1. The Morgan fingerprint density at radius 3 is 2.80 bits per heavy atom. The molecule has 78 valence electrons. The van der Waals surface area contributed by atoms with Gasteiger partial charge in [0.05, 0.1) is 11.9 Å². The van der Waals surface area contributed by atoms with Crippen LogP contribution in [0.1, 0.15) is 5.69 Å². The van der Waals surface area contributed by atoms with Gasteiger partial charge < -0.3 is 5.32 Å². The van der Waals surface area contributed by atoms with Gasteiger partial charge in [0.2, 0.25) is 0 Å². The summed E-state index contributed by atoms with van der Waals surface area (Å²) in [6, 6.07) is 0. The summed E-state index contributed by atoms with van der Waals surface area (Å²) in [7, 11) is 1.59. The Balaban J connectivity index is 2.55. The van der Waals surface area contributed by atoms with Crippen LogP contribution >= 0.6 is 0 Å². The second-order valence-electron chi connectivity index (χ2n) is 2.90. The fourth-order valence-corrected chi connectivity index (χ4v) is 1.15. The lowest BCUT2D eigenvalue weighted by Crippen LogP contribution is -2.03. The van der Waals surface area contributed by atoms with Crippen molar-refractivity contribution in [1.29, 1.82) is 0 Å². The predicted octanol–water partition coefficient (Wildman–Crippen LogP) is 0.751. The molecule has 2 rings (SSSR count). The molecule has 7 heteroatoms. The van der Waals surface area contributed by atoms with E-state index in [1.807, 2.05) is 0 Å². The first kappa shape index (κ1) is 9.50. The fourth-order valence-electron chi connectivity index (χ4n) is 1.15. The number of halogens is 1.